The second-order valence-corrected chi connectivity index (χ2v) is 8.58. The molecule has 166 valence electrons. The van der Waals surface area contributed by atoms with Gasteiger partial charge >= 0.3 is 0 Å². The summed E-state index contributed by atoms with van der Waals surface area (Å²) in [5.74, 6) is -0.766. The van der Waals surface area contributed by atoms with Gasteiger partial charge in [0.1, 0.15) is 11.5 Å². The monoisotopic (exact) mass is 452 g/mol. The Morgan fingerprint density at radius 3 is 2.53 bits per heavy atom. The Labute approximate surface area is 190 Å². The second-order valence-electron chi connectivity index (χ2n) is 7.70. The van der Waals surface area contributed by atoms with E-state index in [-0.39, 0.29) is 23.3 Å². The first-order chi connectivity index (χ1) is 15.5. The molecule has 0 saturated heterocycles. The van der Waals surface area contributed by atoms with Crippen molar-refractivity contribution in [1.82, 2.24) is 20.0 Å². The lowest BCUT2D eigenvalue weighted by Crippen LogP contribution is -2.30. The summed E-state index contributed by atoms with van der Waals surface area (Å²) in [6, 6.07) is 16.0. The third-order valence-corrected chi connectivity index (χ3v) is 6.21. The molecule has 2 aromatic carbocycles. The van der Waals surface area contributed by atoms with Crippen molar-refractivity contribution in [1.29, 1.82) is 0 Å². The summed E-state index contributed by atoms with van der Waals surface area (Å²) in [7, 11) is 0. The van der Waals surface area contributed by atoms with E-state index in [1.807, 2.05) is 6.26 Å². The van der Waals surface area contributed by atoms with Crippen molar-refractivity contribution >= 4 is 23.6 Å². The van der Waals surface area contributed by atoms with E-state index < -0.39 is 0 Å². The van der Waals surface area contributed by atoms with Crippen molar-refractivity contribution in [2.45, 2.75) is 30.8 Å². The lowest BCUT2D eigenvalue weighted by atomic mass is 10.1. The zero-order valence-electron chi connectivity index (χ0n) is 17.9. The van der Waals surface area contributed by atoms with Crippen LogP contribution < -0.4 is 5.32 Å². The van der Waals surface area contributed by atoms with Crippen LogP contribution in [0.15, 0.2) is 59.5 Å². The molecule has 0 saturated carbocycles. The van der Waals surface area contributed by atoms with Gasteiger partial charge in [0.2, 0.25) is 0 Å². The number of carbonyl (C=O) groups is 2. The molecule has 0 spiro atoms. The Bertz CT molecular complexity index is 1100. The van der Waals surface area contributed by atoms with Gasteiger partial charge in [-0.05, 0) is 54.5 Å². The number of fused-ring (bicyclic) bond motifs is 1. The van der Waals surface area contributed by atoms with Gasteiger partial charge in [0.15, 0.2) is 5.69 Å². The molecule has 1 aromatic heterocycles. The SMILES string of the molecule is CSc1ccc(CCNC(=O)c2cc3n(n2)CCCN(Cc2ccc(F)cc2)C3=O)cc1. The predicted molar refractivity (Wildman–Crippen MR) is 122 cm³/mol. The molecular weight excluding hydrogens is 427 g/mol. The molecule has 0 unspecified atom stereocenters. The van der Waals surface area contributed by atoms with Crippen molar-refractivity contribution in [3.63, 3.8) is 0 Å². The fraction of sp³-hybridized carbons (Fsp3) is 0.292. The fourth-order valence-corrected chi connectivity index (χ4v) is 4.12. The van der Waals surface area contributed by atoms with Crippen molar-refractivity contribution in [2.75, 3.05) is 19.3 Å². The second kappa shape index (κ2) is 9.99. The van der Waals surface area contributed by atoms with Crippen molar-refractivity contribution in [2.24, 2.45) is 0 Å². The van der Waals surface area contributed by atoms with Gasteiger partial charge in [-0.25, -0.2) is 4.39 Å². The number of aromatic nitrogens is 2. The summed E-state index contributed by atoms with van der Waals surface area (Å²) >= 11 is 1.69. The third kappa shape index (κ3) is 5.19. The number of thioether (sulfide) groups is 1. The van der Waals surface area contributed by atoms with Crippen LogP contribution in [-0.4, -0.2) is 45.8 Å². The third-order valence-electron chi connectivity index (χ3n) is 5.46. The van der Waals surface area contributed by atoms with E-state index in [4.69, 9.17) is 0 Å². The Morgan fingerprint density at radius 1 is 1.09 bits per heavy atom. The van der Waals surface area contributed by atoms with E-state index in [9.17, 15) is 14.0 Å². The van der Waals surface area contributed by atoms with Gasteiger partial charge in [0.25, 0.3) is 11.8 Å². The minimum atomic E-state index is -0.304. The van der Waals surface area contributed by atoms with E-state index in [0.29, 0.717) is 31.9 Å². The molecule has 1 aliphatic rings. The molecule has 0 atom stereocenters. The first-order valence-corrected chi connectivity index (χ1v) is 11.8. The largest absolute Gasteiger partial charge is 0.350 e. The van der Waals surface area contributed by atoms with Gasteiger partial charge in [0, 0.05) is 37.1 Å². The quantitative estimate of drug-likeness (QED) is 0.555. The van der Waals surface area contributed by atoms with Crippen LogP contribution in [-0.2, 0) is 19.5 Å². The van der Waals surface area contributed by atoms with E-state index >= 15 is 0 Å². The van der Waals surface area contributed by atoms with Gasteiger partial charge in [-0.2, -0.15) is 5.10 Å². The smallest absolute Gasteiger partial charge is 0.272 e. The number of aryl methyl sites for hydroxylation is 1. The van der Waals surface area contributed by atoms with Crippen LogP contribution in [0.2, 0.25) is 0 Å². The molecule has 1 N–H and O–H groups in total. The lowest BCUT2D eigenvalue weighted by molar-refractivity contribution is 0.0745. The highest BCUT2D eigenvalue weighted by atomic mass is 32.2. The highest BCUT2D eigenvalue weighted by Crippen LogP contribution is 2.17. The topological polar surface area (TPSA) is 67.2 Å². The van der Waals surface area contributed by atoms with Crippen molar-refractivity contribution in [3.05, 3.63) is 82.9 Å². The van der Waals surface area contributed by atoms with Crippen LogP contribution in [0.5, 0.6) is 0 Å². The summed E-state index contributed by atoms with van der Waals surface area (Å²) in [6.07, 6.45) is 3.49. The molecule has 3 aromatic rings. The molecule has 2 heterocycles. The molecular formula is C24H25FN4O2S. The van der Waals surface area contributed by atoms with Gasteiger partial charge < -0.3 is 10.2 Å². The summed E-state index contributed by atoms with van der Waals surface area (Å²) in [5.41, 5.74) is 2.66. The zero-order chi connectivity index (χ0) is 22.5. The first kappa shape index (κ1) is 22.1. The van der Waals surface area contributed by atoms with Gasteiger partial charge in [-0.3, -0.25) is 14.3 Å². The van der Waals surface area contributed by atoms with Crippen LogP contribution >= 0.6 is 11.8 Å². The molecule has 32 heavy (non-hydrogen) atoms. The molecule has 4 rings (SSSR count). The van der Waals surface area contributed by atoms with Crippen LogP contribution in [0.3, 0.4) is 0 Å². The molecule has 0 bridgehead atoms. The summed E-state index contributed by atoms with van der Waals surface area (Å²) in [5, 5.41) is 7.26. The van der Waals surface area contributed by atoms with Crippen LogP contribution in [0.25, 0.3) is 0 Å². The van der Waals surface area contributed by atoms with E-state index in [0.717, 1.165) is 24.0 Å². The Balaban J connectivity index is 1.38. The number of nitrogens with one attached hydrogen (secondary N) is 1. The molecule has 6 nitrogen and oxygen atoms in total. The molecule has 2 amide bonds. The van der Waals surface area contributed by atoms with Crippen LogP contribution in [0.1, 0.15) is 38.5 Å². The van der Waals surface area contributed by atoms with Crippen LogP contribution in [0.4, 0.5) is 4.39 Å². The minimum Gasteiger partial charge on any atom is -0.350 e. The maximum absolute atomic E-state index is 13.2. The van der Waals surface area contributed by atoms with Crippen molar-refractivity contribution in [3.8, 4) is 0 Å². The molecule has 1 aliphatic heterocycles. The number of nitrogens with zero attached hydrogens (tertiary/aromatic N) is 3. The Morgan fingerprint density at radius 2 is 1.81 bits per heavy atom. The maximum Gasteiger partial charge on any atom is 0.272 e. The number of hydrogen-bond donors (Lipinski definition) is 1. The highest BCUT2D eigenvalue weighted by molar-refractivity contribution is 7.98. The Hall–Kier alpha value is -3.13. The maximum atomic E-state index is 13.2. The van der Waals surface area contributed by atoms with Crippen LogP contribution in [0, 0.1) is 5.82 Å². The Kier molecular flexibility index (Phi) is 6.90. The molecule has 0 radical (unpaired) electrons. The average molecular weight is 453 g/mol. The fourth-order valence-electron chi connectivity index (χ4n) is 3.71. The lowest BCUT2D eigenvalue weighted by Gasteiger charge is -2.20. The van der Waals surface area contributed by atoms with Gasteiger partial charge in [-0.1, -0.05) is 24.3 Å². The minimum absolute atomic E-state index is 0.174. The van der Waals surface area contributed by atoms with E-state index in [1.54, 1.807) is 39.5 Å². The average Bonchev–Trinajstić information content (AvgIpc) is 3.18. The van der Waals surface area contributed by atoms with E-state index in [1.165, 1.54) is 17.0 Å². The standard InChI is InChI=1S/C24H25FN4O2S/c1-32-20-9-5-17(6-10-20)11-12-26-23(30)21-15-22-24(31)28(13-2-14-29(22)27-21)16-18-3-7-19(25)8-4-18/h3-10,15H,2,11-14,16H2,1H3,(H,26,30). The first-order valence-electron chi connectivity index (χ1n) is 10.6. The number of benzene rings is 2. The summed E-state index contributed by atoms with van der Waals surface area (Å²) in [6.45, 7) is 2.03. The van der Waals surface area contributed by atoms with Gasteiger partial charge in [-0.15, -0.1) is 11.8 Å². The van der Waals surface area contributed by atoms with E-state index in [2.05, 4.69) is 34.7 Å². The number of rotatable bonds is 7. The summed E-state index contributed by atoms with van der Waals surface area (Å²) < 4.78 is 14.8. The van der Waals surface area contributed by atoms with Crippen molar-refractivity contribution < 1.29 is 14.0 Å². The molecule has 0 fully saturated rings. The molecule has 8 heteroatoms. The number of hydrogen-bond acceptors (Lipinski definition) is 4. The normalized spacial score (nSPS) is 13.6. The van der Waals surface area contributed by atoms with Gasteiger partial charge in [0.05, 0.1) is 0 Å². The number of halogens is 1. The zero-order valence-corrected chi connectivity index (χ0v) is 18.7. The molecule has 0 aliphatic carbocycles. The predicted octanol–water partition coefficient (Wildman–Crippen LogP) is 3.76. The summed E-state index contributed by atoms with van der Waals surface area (Å²) in [4.78, 5) is 28.6. The highest BCUT2D eigenvalue weighted by Gasteiger charge is 2.26. The number of amides is 2. The number of carbonyl (C=O) groups excluding carboxylic acids is 2.